The summed E-state index contributed by atoms with van der Waals surface area (Å²) in [5.41, 5.74) is 6.11. The number of aliphatic hydroxyl groups is 1. The number of likely N-dealkylation sites (tertiary alicyclic amines) is 1. The lowest BCUT2D eigenvalue weighted by molar-refractivity contribution is 0.000851. The number of aliphatic hydroxyl groups excluding tert-OH is 1. The van der Waals surface area contributed by atoms with Gasteiger partial charge in [-0.05, 0) is 44.9 Å². The third-order valence-electron chi connectivity index (χ3n) is 3.89. The lowest BCUT2D eigenvalue weighted by atomic mass is 9.93. The molecule has 1 fully saturated rings. The van der Waals surface area contributed by atoms with Crippen LogP contribution in [0, 0.1) is 12.8 Å². The van der Waals surface area contributed by atoms with E-state index in [1.807, 2.05) is 26.0 Å². The molecule has 1 aromatic heterocycles. The van der Waals surface area contributed by atoms with Gasteiger partial charge in [0.1, 0.15) is 11.5 Å². The molecule has 4 nitrogen and oxygen atoms in total. The second-order valence-electron chi connectivity index (χ2n) is 5.58. The Hall–Kier alpha value is -0.840. The number of hydrogen-bond acceptors (Lipinski definition) is 4. The summed E-state index contributed by atoms with van der Waals surface area (Å²) >= 11 is 0. The highest BCUT2D eigenvalue weighted by molar-refractivity contribution is 5.12. The third kappa shape index (κ3) is 2.76. The van der Waals surface area contributed by atoms with Gasteiger partial charge in [0.25, 0.3) is 0 Å². The number of β-amino-alcohol motifs (C(OH)–C–C–N with tert-alkyl or cyclic N) is 1. The van der Waals surface area contributed by atoms with Crippen molar-refractivity contribution in [3.05, 3.63) is 23.7 Å². The number of piperidine rings is 1. The van der Waals surface area contributed by atoms with Gasteiger partial charge in [-0.3, -0.25) is 4.90 Å². The highest BCUT2D eigenvalue weighted by Gasteiger charge is 2.33. The number of furan rings is 1. The summed E-state index contributed by atoms with van der Waals surface area (Å²) in [7, 11) is 0. The SMILES string of the molecule is Cc1ccc(C(C(C)N)N2CCC(C)C(O)C2)o1. The first kappa shape index (κ1) is 13.6. The Morgan fingerprint density at radius 2 is 2.22 bits per heavy atom. The van der Waals surface area contributed by atoms with Gasteiger partial charge in [-0.25, -0.2) is 0 Å². The van der Waals surface area contributed by atoms with Crippen LogP contribution in [0.3, 0.4) is 0 Å². The predicted octanol–water partition coefficient (Wildman–Crippen LogP) is 1.68. The van der Waals surface area contributed by atoms with Crippen LogP contribution in [0.4, 0.5) is 0 Å². The first-order chi connectivity index (χ1) is 8.49. The summed E-state index contributed by atoms with van der Waals surface area (Å²) in [6.45, 7) is 7.67. The molecule has 4 heteroatoms. The van der Waals surface area contributed by atoms with E-state index in [2.05, 4.69) is 11.8 Å². The maximum absolute atomic E-state index is 10.0. The molecule has 0 aromatic carbocycles. The Bertz CT molecular complexity index is 389. The monoisotopic (exact) mass is 252 g/mol. The fourth-order valence-electron chi connectivity index (χ4n) is 2.71. The van der Waals surface area contributed by atoms with Crippen molar-refractivity contribution in [1.82, 2.24) is 4.90 Å². The van der Waals surface area contributed by atoms with Crippen molar-refractivity contribution >= 4 is 0 Å². The molecule has 3 N–H and O–H groups in total. The van der Waals surface area contributed by atoms with E-state index in [1.54, 1.807) is 0 Å². The smallest absolute Gasteiger partial charge is 0.122 e. The Morgan fingerprint density at radius 1 is 1.50 bits per heavy atom. The first-order valence-corrected chi connectivity index (χ1v) is 6.73. The summed E-state index contributed by atoms with van der Waals surface area (Å²) in [6, 6.07) is 4.00. The van der Waals surface area contributed by atoms with E-state index in [0.717, 1.165) is 24.5 Å². The van der Waals surface area contributed by atoms with E-state index in [1.165, 1.54) is 0 Å². The van der Waals surface area contributed by atoms with Gasteiger partial charge in [-0.15, -0.1) is 0 Å². The number of nitrogens with zero attached hydrogens (tertiary/aromatic N) is 1. The molecule has 0 spiro atoms. The zero-order valence-corrected chi connectivity index (χ0v) is 11.5. The lowest BCUT2D eigenvalue weighted by Gasteiger charge is -2.40. The summed E-state index contributed by atoms with van der Waals surface area (Å²) in [5, 5.41) is 10.0. The molecule has 2 rings (SSSR count). The van der Waals surface area contributed by atoms with Crippen LogP contribution in [0.2, 0.25) is 0 Å². The second-order valence-corrected chi connectivity index (χ2v) is 5.58. The van der Waals surface area contributed by atoms with E-state index in [-0.39, 0.29) is 18.2 Å². The van der Waals surface area contributed by atoms with E-state index >= 15 is 0 Å². The lowest BCUT2D eigenvalue weighted by Crippen LogP contribution is -2.48. The van der Waals surface area contributed by atoms with Crippen molar-refractivity contribution in [2.24, 2.45) is 11.7 Å². The minimum Gasteiger partial charge on any atom is -0.465 e. The molecule has 1 aliphatic rings. The molecule has 18 heavy (non-hydrogen) atoms. The van der Waals surface area contributed by atoms with E-state index in [0.29, 0.717) is 12.5 Å². The fraction of sp³-hybridized carbons (Fsp3) is 0.714. The Labute approximate surface area is 109 Å². The van der Waals surface area contributed by atoms with Crippen LogP contribution in [-0.2, 0) is 0 Å². The molecule has 1 aromatic rings. The highest BCUT2D eigenvalue weighted by Crippen LogP contribution is 2.29. The van der Waals surface area contributed by atoms with E-state index in [4.69, 9.17) is 10.2 Å². The van der Waals surface area contributed by atoms with Gasteiger partial charge in [0.2, 0.25) is 0 Å². The molecule has 102 valence electrons. The highest BCUT2D eigenvalue weighted by atomic mass is 16.3. The van der Waals surface area contributed by atoms with E-state index in [9.17, 15) is 5.11 Å². The van der Waals surface area contributed by atoms with Crippen LogP contribution in [0.1, 0.15) is 37.8 Å². The molecule has 0 radical (unpaired) electrons. The topological polar surface area (TPSA) is 62.6 Å². The summed E-state index contributed by atoms with van der Waals surface area (Å²) in [5.74, 6) is 2.18. The molecule has 1 aliphatic heterocycles. The van der Waals surface area contributed by atoms with Gasteiger partial charge in [-0.1, -0.05) is 6.92 Å². The summed E-state index contributed by atoms with van der Waals surface area (Å²) in [4.78, 5) is 2.24. The maximum atomic E-state index is 10.0. The van der Waals surface area contributed by atoms with Crippen LogP contribution in [0.25, 0.3) is 0 Å². The minimum absolute atomic E-state index is 0.0174. The summed E-state index contributed by atoms with van der Waals surface area (Å²) in [6.07, 6.45) is 0.737. The summed E-state index contributed by atoms with van der Waals surface area (Å²) < 4.78 is 5.72. The minimum atomic E-state index is -0.268. The standard InChI is InChI=1S/C14H24N2O2/c1-9-6-7-16(8-12(9)17)14(11(3)15)13-5-4-10(2)18-13/h4-5,9,11-12,14,17H,6-8,15H2,1-3H3. The van der Waals surface area contributed by atoms with Gasteiger partial charge >= 0.3 is 0 Å². The molecule has 0 aliphatic carbocycles. The van der Waals surface area contributed by atoms with Gasteiger partial charge in [0.15, 0.2) is 0 Å². The largest absolute Gasteiger partial charge is 0.465 e. The van der Waals surface area contributed by atoms with Gasteiger partial charge in [-0.2, -0.15) is 0 Å². The maximum Gasteiger partial charge on any atom is 0.122 e. The predicted molar refractivity (Wildman–Crippen MR) is 71.2 cm³/mol. The molecule has 1 saturated heterocycles. The quantitative estimate of drug-likeness (QED) is 0.859. The number of hydrogen-bond donors (Lipinski definition) is 2. The van der Waals surface area contributed by atoms with E-state index < -0.39 is 0 Å². The van der Waals surface area contributed by atoms with Gasteiger partial charge in [0, 0.05) is 12.6 Å². The fourth-order valence-corrected chi connectivity index (χ4v) is 2.71. The van der Waals surface area contributed by atoms with Crippen LogP contribution in [0.15, 0.2) is 16.5 Å². The zero-order valence-electron chi connectivity index (χ0n) is 11.5. The average molecular weight is 252 g/mol. The Morgan fingerprint density at radius 3 is 2.72 bits per heavy atom. The number of nitrogens with two attached hydrogens (primary N) is 1. The Kier molecular flexibility index (Phi) is 4.10. The van der Waals surface area contributed by atoms with Gasteiger partial charge in [0.05, 0.1) is 12.1 Å². The molecule has 0 saturated carbocycles. The van der Waals surface area contributed by atoms with Crippen molar-refractivity contribution in [2.45, 2.75) is 45.4 Å². The molecule has 2 heterocycles. The Balaban J connectivity index is 2.16. The van der Waals surface area contributed by atoms with Crippen LogP contribution in [0.5, 0.6) is 0 Å². The second kappa shape index (κ2) is 5.43. The average Bonchev–Trinajstić information content (AvgIpc) is 2.70. The molecular weight excluding hydrogens is 228 g/mol. The van der Waals surface area contributed by atoms with Crippen LogP contribution in [-0.4, -0.2) is 35.2 Å². The molecular formula is C14H24N2O2. The van der Waals surface area contributed by atoms with Crippen molar-refractivity contribution in [3.8, 4) is 0 Å². The molecule has 0 bridgehead atoms. The number of rotatable bonds is 3. The van der Waals surface area contributed by atoms with Crippen LogP contribution >= 0.6 is 0 Å². The van der Waals surface area contributed by atoms with Crippen molar-refractivity contribution in [2.75, 3.05) is 13.1 Å². The molecule has 0 amide bonds. The molecule has 4 atom stereocenters. The number of aryl methyl sites for hydroxylation is 1. The zero-order chi connectivity index (χ0) is 13.3. The van der Waals surface area contributed by atoms with Crippen molar-refractivity contribution in [3.63, 3.8) is 0 Å². The van der Waals surface area contributed by atoms with Crippen molar-refractivity contribution in [1.29, 1.82) is 0 Å². The van der Waals surface area contributed by atoms with Crippen molar-refractivity contribution < 1.29 is 9.52 Å². The molecule has 4 unspecified atom stereocenters. The third-order valence-corrected chi connectivity index (χ3v) is 3.89. The normalized spacial score (nSPS) is 29.2. The first-order valence-electron chi connectivity index (χ1n) is 6.73. The van der Waals surface area contributed by atoms with Crippen LogP contribution < -0.4 is 5.73 Å². The van der Waals surface area contributed by atoms with Gasteiger partial charge < -0.3 is 15.3 Å².